The highest BCUT2D eigenvalue weighted by Crippen LogP contribution is 2.60. The van der Waals surface area contributed by atoms with Crippen LogP contribution in [0, 0.1) is 23.2 Å². The number of carbonyl (C=O) groups excluding carboxylic acids is 2. The lowest BCUT2D eigenvalue weighted by molar-refractivity contribution is -0.140. The molecular formula is C24H27N3O2S. The summed E-state index contributed by atoms with van der Waals surface area (Å²) in [6.07, 6.45) is 7.95. The smallest absolute Gasteiger partial charge is 0.254 e. The number of rotatable bonds is 3. The summed E-state index contributed by atoms with van der Waals surface area (Å²) in [6, 6.07) is 9.44. The van der Waals surface area contributed by atoms with Crippen molar-refractivity contribution in [2.45, 2.75) is 51.5 Å². The molecule has 5 nitrogen and oxygen atoms in total. The molecular weight excluding hydrogens is 394 g/mol. The maximum atomic E-state index is 13.3. The van der Waals surface area contributed by atoms with Crippen LogP contribution in [0.25, 0.3) is 0 Å². The van der Waals surface area contributed by atoms with E-state index in [-0.39, 0.29) is 17.2 Å². The van der Waals surface area contributed by atoms with Crippen LogP contribution < -0.4 is 5.32 Å². The number of hydrogen-bond acceptors (Lipinski definition) is 4. The van der Waals surface area contributed by atoms with Crippen LogP contribution in [0.15, 0.2) is 30.3 Å². The van der Waals surface area contributed by atoms with Crippen molar-refractivity contribution < 1.29 is 9.59 Å². The van der Waals surface area contributed by atoms with E-state index in [2.05, 4.69) is 5.32 Å². The van der Waals surface area contributed by atoms with Gasteiger partial charge in [0, 0.05) is 23.4 Å². The maximum Gasteiger partial charge on any atom is 0.254 e. The first-order chi connectivity index (χ1) is 14.6. The summed E-state index contributed by atoms with van der Waals surface area (Å²) in [5.74, 6) is 2.52. The Morgan fingerprint density at radius 1 is 1.03 bits per heavy atom. The molecule has 30 heavy (non-hydrogen) atoms. The largest absolute Gasteiger partial charge is 0.333 e. The lowest BCUT2D eigenvalue weighted by Crippen LogP contribution is -2.51. The molecule has 156 valence electrons. The van der Waals surface area contributed by atoms with E-state index in [9.17, 15) is 9.59 Å². The predicted octanol–water partition coefficient (Wildman–Crippen LogP) is 4.50. The van der Waals surface area contributed by atoms with Crippen molar-refractivity contribution in [3.63, 3.8) is 0 Å². The fourth-order valence-corrected chi connectivity index (χ4v) is 7.82. The van der Waals surface area contributed by atoms with Gasteiger partial charge in [-0.3, -0.25) is 9.59 Å². The lowest BCUT2D eigenvalue weighted by Gasteiger charge is -2.55. The Morgan fingerprint density at radius 3 is 2.37 bits per heavy atom. The third-order valence-electron chi connectivity index (χ3n) is 7.78. The standard InChI is InChI=1S/C24H27N3O2S/c28-21(18-4-2-1-3-5-18)27-7-6-19-20(14-27)30-23(25-19)26-22(29)24-11-15-8-16(12-24)10-17(9-15)13-24/h1-5,15-17H,6-14H2,(H,25,26,29). The Labute approximate surface area is 180 Å². The van der Waals surface area contributed by atoms with Gasteiger partial charge in [0.25, 0.3) is 5.91 Å². The summed E-state index contributed by atoms with van der Waals surface area (Å²) in [6.45, 7) is 1.25. The van der Waals surface area contributed by atoms with E-state index in [1.807, 2.05) is 35.2 Å². The lowest BCUT2D eigenvalue weighted by atomic mass is 9.49. The molecule has 1 aromatic carbocycles. The molecule has 2 heterocycles. The van der Waals surface area contributed by atoms with E-state index >= 15 is 0 Å². The van der Waals surface area contributed by atoms with E-state index < -0.39 is 0 Å². The average molecular weight is 422 g/mol. The van der Waals surface area contributed by atoms with Crippen LogP contribution in [-0.2, 0) is 17.8 Å². The second-order valence-corrected chi connectivity index (χ2v) is 11.0. The minimum absolute atomic E-state index is 0.0637. The van der Waals surface area contributed by atoms with Gasteiger partial charge in [0.15, 0.2) is 5.13 Å². The van der Waals surface area contributed by atoms with Gasteiger partial charge >= 0.3 is 0 Å². The molecule has 4 aliphatic carbocycles. The van der Waals surface area contributed by atoms with Crippen molar-refractivity contribution in [1.29, 1.82) is 0 Å². The van der Waals surface area contributed by atoms with Crippen molar-refractivity contribution in [3.05, 3.63) is 46.5 Å². The van der Waals surface area contributed by atoms with Gasteiger partial charge in [0.1, 0.15) is 0 Å². The van der Waals surface area contributed by atoms with Gasteiger partial charge in [0.2, 0.25) is 5.91 Å². The molecule has 0 radical (unpaired) electrons. The minimum Gasteiger partial charge on any atom is -0.333 e. The molecule has 2 aromatic rings. The van der Waals surface area contributed by atoms with Crippen molar-refractivity contribution in [3.8, 4) is 0 Å². The van der Waals surface area contributed by atoms with Gasteiger partial charge < -0.3 is 10.2 Å². The molecule has 4 fully saturated rings. The number of anilines is 1. The highest BCUT2D eigenvalue weighted by molar-refractivity contribution is 7.15. The SMILES string of the molecule is O=C(c1ccccc1)N1CCc2nc(NC(=O)C34CC5CC(CC(C5)C3)C4)sc2C1. The fraction of sp³-hybridized carbons (Fsp3) is 0.542. The van der Waals surface area contributed by atoms with E-state index in [4.69, 9.17) is 4.98 Å². The summed E-state index contributed by atoms with van der Waals surface area (Å²) < 4.78 is 0. The van der Waals surface area contributed by atoms with Crippen LogP contribution in [0.4, 0.5) is 5.13 Å². The topological polar surface area (TPSA) is 62.3 Å². The van der Waals surface area contributed by atoms with Crippen LogP contribution in [0.3, 0.4) is 0 Å². The first kappa shape index (κ1) is 18.6. The molecule has 5 aliphatic rings. The van der Waals surface area contributed by atoms with Gasteiger partial charge in [-0.25, -0.2) is 4.98 Å². The van der Waals surface area contributed by atoms with Crippen LogP contribution in [0.5, 0.6) is 0 Å². The molecule has 0 atom stereocenters. The van der Waals surface area contributed by atoms with Crippen LogP contribution >= 0.6 is 11.3 Å². The Morgan fingerprint density at radius 2 is 1.70 bits per heavy atom. The predicted molar refractivity (Wildman–Crippen MR) is 116 cm³/mol. The summed E-state index contributed by atoms with van der Waals surface area (Å²) in [5, 5.41) is 3.91. The Kier molecular flexibility index (Phi) is 4.27. The number of nitrogens with one attached hydrogen (secondary N) is 1. The number of nitrogens with zero attached hydrogens (tertiary/aromatic N) is 2. The minimum atomic E-state index is -0.157. The molecule has 0 spiro atoms. The van der Waals surface area contributed by atoms with Crippen LogP contribution in [-0.4, -0.2) is 28.2 Å². The summed E-state index contributed by atoms with van der Waals surface area (Å²) in [7, 11) is 0. The molecule has 6 heteroatoms. The molecule has 7 rings (SSSR count). The number of amides is 2. The number of fused-ring (bicyclic) bond motifs is 1. The fourth-order valence-electron chi connectivity index (χ4n) is 6.80. The second-order valence-electron chi connectivity index (χ2n) is 9.88. The molecule has 4 bridgehead atoms. The molecule has 0 unspecified atom stereocenters. The second kappa shape index (κ2) is 6.91. The van der Waals surface area contributed by atoms with Gasteiger partial charge in [0.05, 0.1) is 17.7 Å². The van der Waals surface area contributed by atoms with E-state index in [1.54, 1.807) is 11.3 Å². The highest BCUT2D eigenvalue weighted by atomic mass is 32.1. The molecule has 1 aliphatic heterocycles. The summed E-state index contributed by atoms with van der Waals surface area (Å²) in [4.78, 5) is 33.8. The van der Waals surface area contributed by atoms with E-state index in [1.165, 1.54) is 19.3 Å². The van der Waals surface area contributed by atoms with Crippen molar-refractivity contribution >= 4 is 28.3 Å². The first-order valence-corrected chi connectivity index (χ1v) is 12.0. The quantitative estimate of drug-likeness (QED) is 0.794. The highest BCUT2D eigenvalue weighted by Gasteiger charge is 2.54. The van der Waals surface area contributed by atoms with E-state index in [0.717, 1.165) is 64.7 Å². The zero-order chi connectivity index (χ0) is 20.3. The molecule has 2 amide bonds. The van der Waals surface area contributed by atoms with Crippen molar-refractivity contribution in [2.24, 2.45) is 23.2 Å². The zero-order valence-corrected chi connectivity index (χ0v) is 17.9. The normalized spacial score (nSPS) is 31.5. The summed E-state index contributed by atoms with van der Waals surface area (Å²) in [5.41, 5.74) is 1.61. The summed E-state index contributed by atoms with van der Waals surface area (Å²) >= 11 is 1.55. The Bertz CT molecular complexity index is 964. The van der Waals surface area contributed by atoms with Crippen LogP contribution in [0.2, 0.25) is 0 Å². The molecule has 1 N–H and O–H groups in total. The third kappa shape index (κ3) is 3.08. The number of hydrogen-bond donors (Lipinski definition) is 1. The van der Waals surface area contributed by atoms with Crippen molar-refractivity contribution in [2.75, 3.05) is 11.9 Å². The molecule has 1 aromatic heterocycles. The zero-order valence-electron chi connectivity index (χ0n) is 17.1. The Balaban J connectivity index is 1.17. The number of benzene rings is 1. The number of aromatic nitrogens is 1. The van der Waals surface area contributed by atoms with E-state index in [0.29, 0.717) is 13.1 Å². The maximum absolute atomic E-state index is 13.3. The van der Waals surface area contributed by atoms with Gasteiger partial charge in [-0.05, 0) is 68.4 Å². The molecule has 0 saturated heterocycles. The van der Waals surface area contributed by atoms with Gasteiger partial charge in [-0.15, -0.1) is 0 Å². The van der Waals surface area contributed by atoms with Crippen molar-refractivity contribution in [1.82, 2.24) is 9.88 Å². The van der Waals surface area contributed by atoms with Crippen LogP contribution in [0.1, 0.15) is 59.5 Å². The molecule has 4 saturated carbocycles. The Hall–Kier alpha value is -2.21. The third-order valence-corrected chi connectivity index (χ3v) is 8.78. The first-order valence-electron chi connectivity index (χ1n) is 11.2. The van der Waals surface area contributed by atoms with Gasteiger partial charge in [-0.2, -0.15) is 0 Å². The number of carbonyl (C=O) groups is 2. The number of thiazole rings is 1. The van der Waals surface area contributed by atoms with Gasteiger partial charge in [-0.1, -0.05) is 29.5 Å². The average Bonchev–Trinajstić information content (AvgIpc) is 3.14. The monoisotopic (exact) mass is 421 g/mol.